The van der Waals surface area contributed by atoms with E-state index in [2.05, 4.69) is 56.5 Å². The van der Waals surface area contributed by atoms with Crippen molar-refractivity contribution in [1.82, 2.24) is 30.0 Å². The number of aromatic nitrogens is 4. The number of rotatable bonds is 9. The van der Waals surface area contributed by atoms with Crippen LogP contribution < -0.4 is 10.6 Å². The lowest BCUT2D eigenvalue weighted by molar-refractivity contribution is 0.570. The molecule has 7 nitrogen and oxygen atoms in total. The summed E-state index contributed by atoms with van der Waals surface area (Å²) < 4.78 is 4.01. The largest absolute Gasteiger partial charge is 0.357 e. The van der Waals surface area contributed by atoms with Crippen LogP contribution in [0.15, 0.2) is 66.4 Å². The van der Waals surface area contributed by atoms with Crippen molar-refractivity contribution in [2.24, 2.45) is 4.99 Å². The Labute approximate surface area is 183 Å². The minimum Gasteiger partial charge on any atom is -0.357 e. The summed E-state index contributed by atoms with van der Waals surface area (Å²) in [6.45, 7) is 6.13. The van der Waals surface area contributed by atoms with Crippen LogP contribution >= 0.6 is 24.0 Å². The molecule has 8 heteroatoms. The van der Waals surface area contributed by atoms with Crippen LogP contribution in [-0.2, 0) is 19.6 Å². The maximum absolute atomic E-state index is 4.71. The van der Waals surface area contributed by atoms with Gasteiger partial charge in [-0.05, 0) is 30.5 Å². The third-order valence-corrected chi connectivity index (χ3v) is 4.10. The zero-order valence-electron chi connectivity index (χ0n) is 16.2. The molecule has 0 atom stereocenters. The highest BCUT2D eigenvalue weighted by Gasteiger charge is 2.00. The first kappa shape index (κ1) is 21.9. The molecule has 2 N–H and O–H groups in total. The van der Waals surface area contributed by atoms with Gasteiger partial charge in [0.15, 0.2) is 5.96 Å². The van der Waals surface area contributed by atoms with Gasteiger partial charge in [0.05, 0.1) is 12.9 Å². The number of hydrogen-bond donors (Lipinski definition) is 2. The van der Waals surface area contributed by atoms with E-state index in [-0.39, 0.29) is 24.0 Å². The molecule has 0 radical (unpaired) electrons. The molecule has 2 heterocycles. The fourth-order valence-corrected chi connectivity index (χ4v) is 2.81. The van der Waals surface area contributed by atoms with Crippen LogP contribution in [0.2, 0.25) is 0 Å². The van der Waals surface area contributed by atoms with Crippen molar-refractivity contribution in [2.45, 2.75) is 33.0 Å². The summed E-state index contributed by atoms with van der Waals surface area (Å²) in [4.78, 5) is 8.80. The molecule has 0 saturated heterocycles. The highest BCUT2D eigenvalue weighted by molar-refractivity contribution is 14.0. The molecule has 2 aromatic heterocycles. The number of nitrogens with one attached hydrogen (secondary N) is 2. The fourth-order valence-electron chi connectivity index (χ4n) is 2.81. The molecule has 0 bridgehead atoms. The number of nitrogens with zero attached hydrogens (tertiary/aromatic N) is 5. The molecule has 0 fully saturated rings. The van der Waals surface area contributed by atoms with Crippen LogP contribution in [0.25, 0.3) is 0 Å². The standard InChI is InChI=1S/C20H27N7.HI/c1-2-22-20(23-8-4-11-27-12-5-9-25-27)24-15-18-6-3-7-19(14-18)16-26-13-10-21-17-26;/h3,5-7,9-10,12-14,17H,2,4,8,11,15-16H2,1H3,(H2,22,23,24);1H. The van der Waals surface area contributed by atoms with Gasteiger partial charge in [-0.2, -0.15) is 5.10 Å². The van der Waals surface area contributed by atoms with Gasteiger partial charge in [0, 0.05) is 51.0 Å². The van der Waals surface area contributed by atoms with E-state index in [1.165, 1.54) is 11.1 Å². The number of benzene rings is 1. The Kier molecular flexibility index (Phi) is 9.53. The van der Waals surface area contributed by atoms with Gasteiger partial charge in [-0.1, -0.05) is 24.3 Å². The molecular formula is C20H28IN7. The molecule has 3 aromatic rings. The van der Waals surface area contributed by atoms with Gasteiger partial charge in [-0.3, -0.25) is 4.68 Å². The van der Waals surface area contributed by atoms with Crippen LogP contribution in [0.3, 0.4) is 0 Å². The summed E-state index contributed by atoms with van der Waals surface area (Å²) in [7, 11) is 0. The topological polar surface area (TPSA) is 72.1 Å². The van der Waals surface area contributed by atoms with Crippen LogP contribution in [0.5, 0.6) is 0 Å². The summed E-state index contributed by atoms with van der Waals surface area (Å²) >= 11 is 0. The zero-order valence-corrected chi connectivity index (χ0v) is 18.5. The Bertz CT molecular complexity index is 813. The first-order valence-electron chi connectivity index (χ1n) is 9.36. The average Bonchev–Trinajstić information content (AvgIpc) is 3.37. The van der Waals surface area contributed by atoms with Crippen molar-refractivity contribution in [3.63, 3.8) is 0 Å². The predicted octanol–water partition coefficient (Wildman–Crippen LogP) is 2.89. The zero-order chi connectivity index (χ0) is 18.7. The minimum atomic E-state index is 0. The van der Waals surface area contributed by atoms with Gasteiger partial charge >= 0.3 is 0 Å². The van der Waals surface area contributed by atoms with Crippen molar-refractivity contribution in [3.8, 4) is 0 Å². The highest BCUT2D eigenvalue weighted by atomic mass is 127. The van der Waals surface area contributed by atoms with E-state index in [0.29, 0.717) is 6.54 Å². The first-order valence-corrected chi connectivity index (χ1v) is 9.36. The van der Waals surface area contributed by atoms with E-state index in [4.69, 9.17) is 4.99 Å². The summed E-state index contributed by atoms with van der Waals surface area (Å²) in [5.41, 5.74) is 2.44. The molecule has 28 heavy (non-hydrogen) atoms. The summed E-state index contributed by atoms with van der Waals surface area (Å²) in [6.07, 6.45) is 10.4. The SMILES string of the molecule is CCNC(=NCc1cccc(Cn2ccnc2)c1)NCCCn1cccn1.I. The third kappa shape index (κ3) is 7.34. The number of aryl methyl sites for hydroxylation is 1. The number of guanidine groups is 1. The van der Waals surface area contributed by atoms with E-state index in [0.717, 1.165) is 38.6 Å². The Morgan fingerprint density at radius 1 is 1.11 bits per heavy atom. The van der Waals surface area contributed by atoms with Gasteiger partial charge in [-0.25, -0.2) is 9.98 Å². The lowest BCUT2D eigenvalue weighted by Crippen LogP contribution is -2.38. The summed E-state index contributed by atoms with van der Waals surface area (Å²) in [5, 5.41) is 10.9. The second-order valence-electron chi connectivity index (χ2n) is 6.30. The lowest BCUT2D eigenvalue weighted by Gasteiger charge is -2.11. The van der Waals surface area contributed by atoms with Crippen molar-refractivity contribution in [3.05, 3.63) is 72.6 Å². The summed E-state index contributed by atoms with van der Waals surface area (Å²) in [5.74, 6) is 0.845. The Hall–Kier alpha value is -2.36. The molecule has 0 aliphatic carbocycles. The first-order chi connectivity index (χ1) is 13.3. The van der Waals surface area contributed by atoms with Crippen LogP contribution in [0.1, 0.15) is 24.5 Å². The molecule has 0 aliphatic heterocycles. The number of imidazole rings is 1. The van der Waals surface area contributed by atoms with Crippen molar-refractivity contribution in [1.29, 1.82) is 0 Å². The quantitative estimate of drug-likeness (QED) is 0.208. The van der Waals surface area contributed by atoms with E-state index in [9.17, 15) is 0 Å². The summed E-state index contributed by atoms with van der Waals surface area (Å²) in [6, 6.07) is 10.5. The molecule has 0 aliphatic rings. The highest BCUT2D eigenvalue weighted by Crippen LogP contribution is 2.08. The monoisotopic (exact) mass is 493 g/mol. The molecule has 1 aromatic carbocycles. The van der Waals surface area contributed by atoms with Crippen molar-refractivity contribution in [2.75, 3.05) is 13.1 Å². The molecule has 0 unspecified atom stereocenters. The smallest absolute Gasteiger partial charge is 0.191 e. The Morgan fingerprint density at radius 3 is 2.75 bits per heavy atom. The molecule has 0 saturated carbocycles. The van der Waals surface area contributed by atoms with E-state index in [1.807, 2.05) is 29.5 Å². The normalized spacial score (nSPS) is 11.1. The van der Waals surface area contributed by atoms with E-state index < -0.39 is 0 Å². The molecule has 0 amide bonds. The number of halogens is 1. The Balaban J connectivity index is 0.00000280. The van der Waals surface area contributed by atoms with Crippen molar-refractivity contribution >= 4 is 29.9 Å². The lowest BCUT2D eigenvalue weighted by atomic mass is 10.1. The molecule has 3 rings (SSSR count). The molecule has 150 valence electrons. The minimum absolute atomic E-state index is 0. The van der Waals surface area contributed by atoms with Crippen LogP contribution in [-0.4, -0.2) is 38.4 Å². The second-order valence-corrected chi connectivity index (χ2v) is 6.30. The van der Waals surface area contributed by atoms with Gasteiger partial charge in [0.25, 0.3) is 0 Å². The number of hydrogen-bond acceptors (Lipinski definition) is 3. The predicted molar refractivity (Wildman–Crippen MR) is 123 cm³/mol. The second kappa shape index (κ2) is 12.2. The van der Waals surface area contributed by atoms with Gasteiger partial charge in [0.1, 0.15) is 0 Å². The van der Waals surface area contributed by atoms with Gasteiger partial charge < -0.3 is 15.2 Å². The maximum Gasteiger partial charge on any atom is 0.191 e. The fraction of sp³-hybridized carbons (Fsp3) is 0.350. The van der Waals surface area contributed by atoms with Gasteiger partial charge in [0.2, 0.25) is 0 Å². The Morgan fingerprint density at radius 2 is 2.00 bits per heavy atom. The van der Waals surface area contributed by atoms with Crippen LogP contribution in [0, 0.1) is 0 Å². The molecular weight excluding hydrogens is 465 g/mol. The average molecular weight is 493 g/mol. The van der Waals surface area contributed by atoms with Gasteiger partial charge in [-0.15, -0.1) is 24.0 Å². The third-order valence-electron chi connectivity index (χ3n) is 4.10. The van der Waals surface area contributed by atoms with Crippen molar-refractivity contribution < 1.29 is 0 Å². The number of aliphatic imine (C=N–C) groups is 1. The molecule has 0 spiro atoms. The van der Waals surface area contributed by atoms with Crippen LogP contribution in [0.4, 0.5) is 0 Å². The van der Waals surface area contributed by atoms with E-state index in [1.54, 1.807) is 12.4 Å². The maximum atomic E-state index is 4.71. The van der Waals surface area contributed by atoms with E-state index >= 15 is 0 Å².